The summed E-state index contributed by atoms with van der Waals surface area (Å²) in [5.41, 5.74) is 4.47. The number of hydrogen-bond donors (Lipinski definition) is 2. The maximum Gasteiger partial charge on any atom is 0.253 e. The Morgan fingerprint density at radius 1 is 1.00 bits per heavy atom. The third kappa shape index (κ3) is 7.08. The van der Waals surface area contributed by atoms with E-state index in [0.717, 1.165) is 68.2 Å². The highest BCUT2D eigenvalue weighted by Crippen LogP contribution is 2.33. The predicted molar refractivity (Wildman–Crippen MR) is 150 cm³/mol. The number of carbonyl (C=O) groups is 1. The summed E-state index contributed by atoms with van der Waals surface area (Å²) in [5, 5.41) is 4.98. The van der Waals surface area contributed by atoms with Crippen LogP contribution in [0, 0.1) is 6.92 Å². The first-order valence-electron chi connectivity index (χ1n) is 11.6. The molecule has 2 heterocycles. The molecule has 1 aliphatic rings. The van der Waals surface area contributed by atoms with E-state index < -0.39 is 0 Å². The molecular formula is C26H30Cl4N4O. The Hall–Kier alpha value is -1.89. The summed E-state index contributed by atoms with van der Waals surface area (Å²) in [6, 6.07) is 15.3. The lowest BCUT2D eigenvalue weighted by atomic mass is 10.1. The molecule has 9 heteroatoms. The number of nitrogens with zero attached hydrogens (tertiary/aromatic N) is 2. The van der Waals surface area contributed by atoms with Crippen molar-refractivity contribution in [1.29, 1.82) is 0 Å². The first-order chi connectivity index (χ1) is 16.4. The van der Waals surface area contributed by atoms with Crippen LogP contribution in [-0.4, -0.2) is 55.1 Å². The van der Waals surface area contributed by atoms with Crippen LogP contribution in [0.1, 0.15) is 28.9 Å². The molecule has 188 valence electrons. The summed E-state index contributed by atoms with van der Waals surface area (Å²) in [5.74, 6) is -0.0408. The van der Waals surface area contributed by atoms with Crippen LogP contribution in [0.25, 0.3) is 11.3 Å². The van der Waals surface area contributed by atoms with Gasteiger partial charge in [-0.05, 0) is 62.2 Å². The third-order valence-electron chi connectivity index (χ3n) is 6.25. The Labute approximate surface area is 228 Å². The predicted octanol–water partition coefficient (Wildman–Crippen LogP) is 6.70. The summed E-state index contributed by atoms with van der Waals surface area (Å²) >= 11 is 18.5. The van der Waals surface area contributed by atoms with Gasteiger partial charge in [-0.25, -0.2) is 0 Å². The van der Waals surface area contributed by atoms with Crippen molar-refractivity contribution in [3.63, 3.8) is 0 Å². The van der Waals surface area contributed by atoms with Gasteiger partial charge in [0.25, 0.3) is 5.91 Å². The third-order valence-corrected chi connectivity index (χ3v) is 7.31. The van der Waals surface area contributed by atoms with Crippen molar-refractivity contribution in [2.24, 2.45) is 0 Å². The van der Waals surface area contributed by atoms with Crippen molar-refractivity contribution in [2.75, 3.05) is 44.2 Å². The normalized spacial score (nSPS) is 14.0. The number of anilines is 1. The van der Waals surface area contributed by atoms with E-state index in [-0.39, 0.29) is 18.3 Å². The highest BCUT2D eigenvalue weighted by atomic mass is 35.5. The number of hydrogen-bond acceptors (Lipinski definition) is 3. The summed E-state index contributed by atoms with van der Waals surface area (Å²) in [6.07, 6.45) is 1.99. The fraction of sp³-hybridized carbons (Fsp3) is 0.346. The molecule has 1 aliphatic heterocycles. The first-order valence-corrected chi connectivity index (χ1v) is 12.7. The highest BCUT2D eigenvalue weighted by Gasteiger charge is 2.19. The van der Waals surface area contributed by atoms with Crippen LogP contribution < -0.4 is 10.2 Å². The van der Waals surface area contributed by atoms with Gasteiger partial charge in [0.2, 0.25) is 0 Å². The van der Waals surface area contributed by atoms with Gasteiger partial charge in [0.1, 0.15) is 0 Å². The molecule has 1 saturated heterocycles. The molecule has 35 heavy (non-hydrogen) atoms. The lowest BCUT2D eigenvalue weighted by Gasteiger charge is -2.36. The van der Waals surface area contributed by atoms with Crippen LogP contribution in [0.3, 0.4) is 0 Å². The monoisotopic (exact) mass is 554 g/mol. The standard InChI is InChI=1S/C26H29Cl3N4O.ClH/c1-18-21(17-23(31-18)19-7-9-20(27)10-8-19)26(34)30-11-2-3-12-32-13-15-33(16-14-32)24-6-4-5-22(28)25(24)29;/h4-10,17,31H,2-3,11-16H2,1H3,(H,30,34);1H. The zero-order chi connectivity index (χ0) is 24.1. The minimum atomic E-state index is -0.0408. The highest BCUT2D eigenvalue weighted by molar-refractivity contribution is 6.43. The second kappa shape index (κ2) is 12.9. The number of carbonyl (C=O) groups excluding carboxylic acids is 1. The lowest BCUT2D eigenvalue weighted by Crippen LogP contribution is -2.46. The zero-order valence-corrected chi connectivity index (χ0v) is 22.7. The van der Waals surface area contributed by atoms with Crippen LogP contribution in [0.15, 0.2) is 48.5 Å². The zero-order valence-electron chi connectivity index (χ0n) is 19.6. The van der Waals surface area contributed by atoms with Gasteiger partial charge in [-0.2, -0.15) is 0 Å². The van der Waals surface area contributed by atoms with E-state index in [1.165, 1.54) is 0 Å². The Balaban J connectivity index is 0.00000342. The largest absolute Gasteiger partial charge is 0.368 e. The molecule has 2 aromatic carbocycles. The number of H-pyrrole nitrogens is 1. The number of nitrogens with one attached hydrogen (secondary N) is 2. The summed E-state index contributed by atoms with van der Waals surface area (Å²) in [6.45, 7) is 7.45. The molecule has 4 rings (SSSR count). The fourth-order valence-electron chi connectivity index (χ4n) is 4.29. The van der Waals surface area contributed by atoms with Crippen LogP contribution in [0.2, 0.25) is 15.1 Å². The summed E-state index contributed by atoms with van der Waals surface area (Å²) in [4.78, 5) is 20.7. The molecule has 5 nitrogen and oxygen atoms in total. The fourth-order valence-corrected chi connectivity index (χ4v) is 4.83. The number of unbranched alkanes of at least 4 members (excludes halogenated alkanes) is 1. The van der Waals surface area contributed by atoms with E-state index in [2.05, 4.69) is 20.1 Å². The molecule has 0 spiro atoms. The molecule has 0 saturated carbocycles. The SMILES string of the molecule is Cc1[nH]c(-c2ccc(Cl)cc2)cc1C(=O)NCCCCN1CCN(c2cccc(Cl)c2Cl)CC1.Cl. The number of amides is 1. The molecule has 1 amide bonds. The van der Waals surface area contributed by atoms with Gasteiger partial charge in [-0.1, -0.05) is 53.0 Å². The first kappa shape index (κ1) is 27.7. The number of aromatic nitrogens is 1. The number of aryl methyl sites for hydroxylation is 1. The minimum Gasteiger partial charge on any atom is -0.368 e. The molecule has 0 radical (unpaired) electrons. The van der Waals surface area contributed by atoms with Crippen molar-refractivity contribution in [3.8, 4) is 11.3 Å². The Morgan fingerprint density at radius 2 is 1.71 bits per heavy atom. The average molecular weight is 556 g/mol. The molecule has 0 unspecified atom stereocenters. The van der Waals surface area contributed by atoms with Gasteiger partial charge >= 0.3 is 0 Å². The number of rotatable bonds is 8. The van der Waals surface area contributed by atoms with Crippen molar-refractivity contribution in [2.45, 2.75) is 19.8 Å². The van der Waals surface area contributed by atoms with E-state index in [1.807, 2.05) is 55.5 Å². The number of benzene rings is 2. The quantitative estimate of drug-likeness (QED) is 0.304. The van der Waals surface area contributed by atoms with Crippen LogP contribution in [0.4, 0.5) is 5.69 Å². The maximum absolute atomic E-state index is 12.7. The topological polar surface area (TPSA) is 51.4 Å². The lowest BCUT2D eigenvalue weighted by molar-refractivity contribution is 0.0952. The van der Waals surface area contributed by atoms with E-state index in [0.29, 0.717) is 27.2 Å². The van der Waals surface area contributed by atoms with Crippen molar-refractivity contribution in [3.05, 3.63) is 74.9 Å². The number of aromatic amines is 1. The van der Waals surface area contributed by atoms with Gasteiger partial charge < -0.3 is 15.2 Å². The molecule has 1 aromatic heterocycles. The maximum atomic E-state index is 12.7. The van der Waals surface area contributed by atoms with E-state index in [9.17, 15) is 4.79 Å². The van der Waals surface area contributed by atoms with Gasteiger partial charge in [0.05, 0.1) is 21.3 Å². The van der Waals surface area contributed by atoms with Crippen molar-refractivity contribution >= 4 is 58.8 Å². The second-order valence-electron chi connectivity index (χ2n) is 8.59. The van der Waals surface area contributed by atoms with Crippen LogP contribution in [-0.2, 0) is 0 Å². The van der Waals surface area contributed by atoms with E-state index >= 15 is 0 Å². The molecule has 2 N–H and O–H groups in total. The Kier molecular flexibility index (Phi) is 10.2. The van der Waals surface area contributed by atoms with Crippen LogP contribution >= 0.6 is 47.2 Å². The molecule has 0 aliphatic carbocycles. The molecule has 0 atom stereocenters. The molecule has 1 fully saturated rings. The van der Waals surface area contributed by atoms with Crippen molar-refractivity contribution < 1.29 is 4.79 Å². The van der Waals surface area contributed by atoms with E-state index in [4.69, 9.17) is 34.8 Å². The smallest absolute Gasteiger partial charge is 0.253 e. The Bertz CT molecular complexity index is 1120. The number of piperazine rings is 1. The summed E-state index contributed by atoms with van der Waals surface area (Å²) in [7, 11) is 0. The van der Waals surface area contributed by atoms with E-state index in [1.54, 1.807) is 0 Å². The van der Waals surface area contributed by atoms with Crippen LogP contribution in [0.5, 0.6) is 0 Å². The second-order valence-corrected chi connectivity index (χ2v) is 9.81. The van der Waals surface area contributed by atoms with Gasteiger partial charge in [0, 0.05) is 49.1 Å². The minimum absolute atomic E-state index is 0. The molecule has 0 bridgehead atoms. The average Bonchev–Trinajstić information content (AvgIpc) is 3.23. The Morgan fingerprint density at radius 3 is 2.43 bits per heavy atom. The molecule has 3 aromatic rings. The van der Waals surface area contributed by atoms with Gasteiger partial charge in [-0.15, -0.1) is 12.4 Å². The van der Waals surface area contributed by atoms with Crippen molar-refractivity contribution in [1.82, 2.24) is 15.2 Å². The van der Waals surface area contributed by atoms with Gasteiger partial charge in [0.15, 0.2) is 0 Å². The number of halogens is 4. The summed E-state index contributed by atoms with van der Waals surface area (Å²) < 4.78 is 0. The molecular weight excluding hydrogens is 526 g/mol. The van der Waals surface area contributed by atoms with Gasteiger partial charge in [-0.3, -0.25) is 9.69 Å².